The molecule has 2 heterocycles. The number of carbonyl (C=O) groups is 2. The highest BCUT2D eigenvalue weighted by Gasteiger charge is 2.35. The number of piperidine rings is 1. The van der Waals surface area contributed by atoms with Crippen LogP contribution in [0.4, 0.5) is 5.82 Å². The first-order chi connectivity index (χ1) is 12.5. The van der Waals surface area contributed by atoms with E-state index in [0.717, 1.165) is 44.6 Å². The van der Waals surface area contributed by atoms with Crippen LogP contribution < -0.4 is 9.64 Å². The van der Waals surface area contributed by atoms with Crippen molar-refractivity contribution in [3.63, 3.8) is 0 Å². The van der Waals surface area contributed by atoms with E-state index in [0.29, 0.717) is 11.8 Å². The largest absolute Gasteiger partial charge is 0.466 e. The number of hydrogen-bond acceptors (Lipinski definition) is 6. The van der Waals surface area contributed by atoms with Gasteiger partial charge in [-0.3, -0.25) is 9.59 Å². The first-order valence-corrected chi connectivity index (χ1v) is 9.14. The molecular formula is C18H27N5O3. The normalized spacial score (nSPS) is 17.7. The summed E-state index contributed by atoms with van der Waals surface area (Å²) in [5, 5.41) is 7.99. The molecule has 0 atom stereocenters. The lowest BCUT2D eigenvalue weighted by Crippen LogP contribution is -2.48. The van der Waals surface area contributed by atoms with Gasteiger partial charge in [0.05, 0.1) is 0 Å². The molecule has 1 saturated heterocycles. The molecule has 0 bridgehead atoms. The maximum Gasteiger partial charge on any atom is 0.260 e. The van der Waals surface area contributed by atoms with Gasteiger partial charge in [0.15, 0.2) is 12.4 Å². The Bertz CT molecular complexity index is 637. The monoisotopic (exact) mass is 361 g/mol. The average molecular weight is 361 g/mol. The van der Waals surface area contributed by atoms with Crippen molar-refractivity contribution < 1.29 is 14.3 Å². The maximum atomic E-state index is 12.4. The van der Waals surface area contributed by atoms with Gasteiger partial charge in [-0.15, -0.1) is 10.2 Å². The highest BCUT2D eigenvalue weighted by atomic mass is 16.5. The van der Waals surface area contributed by atoms with Crippen LogP contribution in [0.2, 0.25) is 0 Å². The van der Waals surface area contributed by atoms with Gasteiger partial charge in [-0.1, -0.05) is 0 Å². The number of aromatic nitrogens is 2. The van der Waals surface area contributed by atoms with Crippen LogP contribution in [0.15, 0.2) is 12.1 Å². The fourth-order valence-corrected chi connectivity index (χ4v) is 3.13. The van der Waals surface area contributed by atoms with Gasteiger partial charge in [0.25, 0.3) is 5.91 Å². The molecule has 26 heavy (non-hydrogen) atoms. The number of amides is 2. The van der Waals surface area contributed by atoms with Crippen LogP contribution in [0.5, 0.6) is 5.88 Å². The van der Waals surface area contributed by atoms with E-state index in [2.05, 4.69) is 10.2 Å². The maximum absolute atomic E-state index is 12.4. The van der Waals surface area contributed by atoms with Gasteiger partial charge in [-0.05, 0) is 31.7 Å². The standard InChI is InChI=1S/C18H27N5O3/c1-21(2)15-6-7-16(20-19-15)26-12-17(24)22(3)14-8-10-23(11-9-14)18(25)13-4-5-13/h6-7,13-14H,4-5,8-12H2,1-3H3. The zero-order chi connectivity index (χ0) is 18.7. The minimum atomic E-state index is -0.0875. The predicted molar refractivity (Wildman–Crippen MR) is 97.0 cm³/mol. The van der Waals surface area contributed by atoms with E-state index in [1.165, 1.54) is 0 Å². The van der Waals surface area contributed by atoms with Gasteiger partial charge < -0.3 is 19.4 Å². The number of nitrogens with zero attached hydrogens (tertiary/aromatic N) is 5. The van der Waals surface area contributed by atoms with Gasteiger partial charge in [0.2, 0.25) is 11.8 Å². The molecule has 0 unspecified atom stereocenters. The molecule has 1 aliphatic heterocycles. The van der Waals surface area contributed by atoms with Gasteiger partial charge >= 0.3 is 0 Å². The number of hydrogen-bond donors (Lipinski definition) is 0. The smallest absolute Gasteiger partial charge is 0.260 e. The van der Waals surface area contributed by atoms with Crippen molar-refractivity contribution in [3.8, 4) is 5.88 Å². The summed E-state index contributed by atoms with van der Waals surface area (Å²) in [5.74, 6) is 1.53. The third-order valence-corrected chi connectivity index (χ3v) is 5.07. The van der Waals surface area contributed by atoms with Crippen molar-refractivity contribution >= 4 is 17.6 Å². The number of anilines is 1. The number of rotatable bonds is 6. The Morgan fingerprint density at radius 2 is 1.81 bits per heavy atom. The van der Waals surface area contributed by atoms with Crippen LogP contribution in [0.25, 0.3) is 0 Å². The molecule has 3 rings (SSSR count). The molecule has 8 heteroatoms. The molecule has 0 spiro atoms. The average Bonchev–Trinajstić information content (AvgIpc) is 3.50. The van der Waals surface area contributed by atoms with Crippen LogP contribution >= 0.6 is 0 Å². The predicted octanol–water partition coefficient (Wildman–Crippen LogP) is 0.781. The summed E-state index contributed by atoms with van der Waals surface area (Å²) in [5.41, 5.74) is 0. The molecule has 2 amide bonds. The molecule has 0 aromatic carbocycles. The molecular weight excluding hydrogens is 334 g/mol. The highest BCUT2D eigenvalue weighted by molar-refractivity contribution is 5.81. The Balaban J connectivity index is 1.43. The van der Waals surface area contributed by atoms with E-state index in [1.807, 2.05) is 23.9 Å². The molecule has 1 aromatic rings. The Morgan fingerprint density at radius 1 is 1.12 bits per heavy atom. The quantitative estimate of drug-likeness (QED) is 0.745. The Hall–Kier alpha value is -2.38. The lowest BCUT2D eigenvalue weighted by Gasteiger charge is -2.36. The van der Waals surface area contributed by atoms with Crippen molar-refractivity contribution in [1.82, 2.24) is 20.0 Å². The highest BCUT2D eigenvalue weighted by Crippen LogP contribution is 2.32. The zero-order valence-electron chi connectivity index (χ0n) is 15.7. The zero-order valence-corrected chi connectivity index (χ0v) is 15.7. The van der Waals surface area contributed by atoms with E-state index < -0.39 is 0 Å². The second kappa shape index (κ2) is 7.88. The fourth-order valence-electron chi connectivity index (χ4n) is 3.13. The number of ether oxygens (including phenoxy) is 1. The Kier molecular flexibility index (Phi) is 5.58. The lowest BCUT2D eigenvalue weighted by molar-refractivity contribution is -0.137. The van der Waals surface area contributed by atoms with E-state index in [1.54, 1.807) is 24.1 Å². The summed E-state index contributed by atoms with van der Waals surface area (Å²) in [6, 6.07) is 3.65. The van der Waals surface area contributed by atoms with Crippen LogP contribution in [0.1, 0.15) is 25.7 Å². The Morgan fingerprint density at radius 3 is 2.35 bits per heavy atom. The Labute approximate surface area is 154 Å². The minimum absolute atomic E-state index is 0.0618. The van der Waals surface area contributed by atoms with Crippen LogP contribution in [-0.2, 0) is 9.59 Å². The second-order valence-electron chi connectivity index (χ2n) is 7.25. The van der Waals surface area contributed by atoms with Crippen molar-refractivity contribution in [2.45, 2.75) is 31.7 Å². The van der Waals surface area contributed by atoms with Gasteiger partial charge in [0.1, 0.15) is 0 Å². The third kappa shape index (κ3) is 4.42. The van der Waals surface area contributed by atoms with E-state index in [9.17, 15) is 9.59 Å². The summed E-state index contributed by atoms with van der Waals surface area (Å²) >= 11 is 0. The molecule has 1 aromatic heterocycles. The fraction of sp³-hybridized carbons (Fsp3) is 0.667. The number of likely N-dealkylation sites (tertiary alicyclic amines) is 1. The first kappa shape index (κ1) is 18.4. The molecule has 2 fully saturated rings. The van der Waals surface area contributed by atoms with Crippen molar-refractivity contribution in [3.05, 3.63) is 12.1 Å². The third-order valence-electron chi connectivity index (χ3n) is 5.07. The molecule has 2 aliphatic rings. The molecule has 1 saturated carbocycles. The molecule has 142 valence electrons. The summed E-state index contributed by atoms with van der Waals surface area (Å²) in [7, 11) is 5.56. The van der Waals surface area contributed by atoms with Gasteiger partial charge in [0, 0.05) is 52.3 Å². The summed E-state index contributed by atoms with van der Waals surface area (Å²) in [6.07, 6.45) is 3.70. The first-order valence-electron chi connectivity index (χ1n) is 9.14. The van der Waals surface area contributed by atoms with Crippen molar-refractivity contribution in [1.29, 1.82) is 0 Å². The number of carbonyl (C=O) groups excluding carboxylic acids is 2. The summed E-state index contributed by atoms with van der Waals surface area (Å²) in [6.45, 7) is 1.40. The van der Waals surface area contributed by atoms with Crippen molar-refractivity contribution in [2.75, 3.05) is 45.7 Å². The number of likely N-dealkylation sites (N-methyl/N-ethyl adjacent to an activating group) is 1. The SMILES string of the molecule is CN(C)c1ccc(OCC(=O)N(C)C2CCN(C(=O)C3CC3)CC2)nn1. The summed E-state index contributed by atoms with van der Waals surface area (Å²) < 4.78 is 5.47. The summed E-state index contributed by atoms with van der Waals surface area (Å²) in [4.78, 5) is 30.0. The van der Waals surface area contributed by atoms with Crippen LogP contribution in [0, 0.1) is 5.92 Å². The van der Waals surface area contributed by atoms with Crippen molar-refractivity contribution in [2.24, 2.45) is 5.92 Å². The van der Waals surface area contributed by atoms with Gasteiger partial charge in [-0.2, -0.15) is 0 Å². The second-order valence-corrected chi connectivity index (χ2v) is 7.25. The van der Waals surface area contributed by atoms with Gasteiger partial charge in [-0.25, -0.2) is 0 Å². The van der Waals surface area contributed by atoms with E-state index in [4.69, 9.17) is 4.74 Å². The molecule has 8 nitrogen and oxygen atoms in total. The van der Waals surface area contributed by atoms with Crippen LogP contribution in [-0.4, -0.2) is 78.7 Å². The minimum Gasteiger partial charge on any atom is -0.466 e. The van der Waals surface area contributed by atoms with Crippen LogP contribution in [0.3, 0.4) is 0 Å². The topological polar surface area (TPSA) is 78.9 Å². The van der Waals surface area contributed by atoms with E-state index in [-0.39, 0.29) is 24.5 Å². The molecule has 0 radical (unpaired) electrons. The van der Waals surface area contributed by atoms with E-state index >= 15 is 0 Å². The molecule has 1 aliphatic carbocycles. The lowest BCUT2D eigenvalue weighted by atomic mass is 10.0. The molecule has 0 N–H and O–H groups in total.